The van der Waals surface area contributed by atoms with Crippen LogP contribution in [-0.4, -0.2) is 32.5 Å². The minimum atomic E-state index is 0.883. The summed E-state index contributed by atoms with van der Waals surface area (Å²) in [5.41, 5.74) is 16.3. The molecule has 0 fully saturated rings. The van der Waals surface area contributed by atoms with Gasteiger partial charge in [0.25, 0.3) is 0 Å². The maximum Gasteiger partial charge on any atom is 0.220 e. The van der Waals surface area contributed by atoms with Gasteiger partial charge in [0, 0.05) is 22.0 Å². The van der Waals surface area contributed by atoms with Gasteiger partial charge >= 0.3 is 0 Å². The van der Waals surface area contributed by atoms with Crippen LogP contribution in [0.4, 0.5) is 0 Å². The normalized spacial score (nSPS) is 12.2. The molecular weight excluding hydrogens is 699 g/mol. The predicted octanol–water partition coefficient (Wildman–Crippen LogP) is 11.9. The summed E-state index contributed by atoms with van der Waals surface area (Å²) in [6.07, 6.45) is 0. The number of hydrogen-bond acceptors (Lipinski definition) is 2. The molecule has 0 atom stereocenters. The van der Waals surface area contributed by atoms with Crippen LogP contribution >= 0.6 is 0 Å². The van der Waals surface area contributed by atoms with Crippen LogP contribution in [0.5, 0.6) is 0 Å². The molecule has 5 heterocycles. The van der Waals surface area contributed by atoms with E-state index in [-0.39, 0.29) is 0 Å². The fraction of sp³-hybridized carbons (Fsp3) is 0. The summed E-state index contributed by atoms with van der Waals surface area (Å²) in [5, 5.41) is 2.39. The molecular formula is C50H31N7. The molecule has 8 aromatic carbocycles. The van der Waals surface area contributed by atoms with Gasteiger partial charge in [-0.3, -0.25) is 17.9 Å². The second kappa shape index (κ2) is 11.3. The molecule has 0 saturated carbocycles. The number of fused-ring (bicyclic) bond motifs is 13. The van der Waals surface area contributed by atoms with Crippen molar-refractivity contribution < 1.29 is 0 Å². The lowest BCUT2D eigenvalue weighted by molar-refractivity contribution is 1.09. The van der Waals surface area contributed by atoms with Gasteiger partial charge < -0.3 is 4.57 Å². The number of nitrogens with zero attached hydrogens (tertiary/aromatic N) is 7. The van der Waals surface area contributed by atoms with Gasteiger partial charge in [0.05, 0.1) is 66.5 Å². The predicted molar refractivity (Wildman–Crippen MR) is 232 cm³/mol. The Balaban J connectivity index is 1.13. The largest absolute Gasteiger partial charge is 0.309 e. The second-order valence-corrected chi connectivity index (χ2v) is 14.7. The van der Waals surface area contributed by atoms with Crippen molar-refractivity contribution in [2.24, 2.45) is 0 Å². The highest BCUT2D eigenvalue weighted by Gasteiger charge is 2.23. The molecule has 5 aromatic heterocycles. The van der Waals surface area contributed by atoms with E-state index in [0.29, 0.717) is 0 Å². The van der Waals surface area contributed by atoms with Crippen molar-refractivity contribution >= 4 is 77.5 Å². The average molecular weight is 730 g/mol. The third kappa shape index (κ3) is 4.14. The summed E-state index contributed by atoms with van der Waals surface area (Å²) >= 11 is 0. The number of benzene rings is 8. The number of aromatic nitrogens is 7. The number of imidazole rings is 4. The molecule has 13 rings (SSSR count). The molecule has 0 amide bonds. The highest BCUT2D eigenvalue weighted by Crippen LogP contribution is 2.41. The lowest BCUT2D eigenvalue weighted by Gasteiger charge is -2.15. The third-order valence-corrected chi connectivity index (χ3v) is 11.7. The summed E-state index contributed by atoms with van der Waals surface area (Å²) in [4.78, 5) is 10.5. The van der Waals surface area contributed by atoms with E-state index in [0.717, 1.165) is 94.9 Å². The van der Waals surface area contributed by atoms with Crippen LogP contribution in [0.1, 0.15) is 0 Å². The Morgan fingerprint density at radius 2 is 0.825 bits per heavy atom. The van der Waals surface area contributed by atoms with Crippen molar-refractivity contribution in [3.63, 3.8) is 0 Å². The van der Waals surface area contributed by atoms with Crippen LogP contribution in [0.3, 0.4) is 0 Å². The second-order valence-electron chi connectivity index (χ2n) is 14.7. The molecule has 0 unspecified atom stereocenters. The Kier molecular flexibility index (Phi) is 6.04. The summed E-state index contributed by atoms with van der Waals surface area (Å²) in [5.74, 6) is 1.77. The maximum atomic E-state index is 5.28. The highest BCUT2D eigenvalue weighted by atomic mass is 15.2. The van der Waals surface area contributed by atoms with Crippen molar-refractivity contribution in [1.82, 2.24) is 32.5 Å². The molecule has 0 aliphatic rings. The van der Waals surface area contributed by atoms with Gasteiger partial charge in [0.15, 0.2) is 0 Å². The molecule has 0 bridgehead atoms. The van der Waals surface area contributed by atoms with Gasteiger partial charge in [-0.05, 0) is 90.5 Å². The molecule has 0 aliphatic heterocycles. The van der Waals surface area contributed by atoms with Crippen molar-refractivity contribution in [2.75, 3.05) is 0 Å². The van der Waals surface area contributed by atoms with Crippen molar-refractivity contribution in [3.05, 3.63) is 188 Å². The maximum absolute atomic E-state index is 5.28. The van der Waals surface area contributed by atoms with E-state index < -0.39 is 0 Å². The SMILES string of the molecule is c1ccc(-c2cc3c4ccccc4n(-c4cccc(-n5c6ccccc6n6c7ccccc7nc56)c4)c3cc2-n2c3ccccc3n3c4ccccc4nc23)cc1. The third-order valence-electron chi connectivity index (χ3n) is 11.7. The minimum absolute atomic E-state index is 0.883. The van der Waals surface area contributed by atoms with Gasteiger partial charge in [-0.1, -0.05) is 103 Å². The molecule has 7 heteroatoms. The number of para-hydroxylation sites is 9. The summed E-state index contributed by atoms with van der Waals surface area (Å²) in [6.45, 7) is 0. The van der Waals surface area contributed by atoms with Crippen molar-refractivity contribution in [1.29, 1.82) is 0 Å². The smallest absolute Gasteiger partial charge is 0.220 e. The standard InChI is InChI=1S/C50H31N7/c1-2-15-32(16-3-1)36-30-37-35-19-4-7-22-40(35)53(48(37)31-47(36)57-46-28-13-12-27-45(46)56-42-24-9-6-21-39(42)52-50(56)57)33-17-14-18-34(29-33)54-43-25-10-11-26-44(43)55-41-23-8-5-20-38(41)51-49(54)55/h1-31H. The van der Waals surface area contributed by atoms with Gasteiger partial charge in [-0.15, -0.1) is 0 Å². The molecule has 7 nitrogen and oxygen atoms in total. The first-order valence-corrected chi connectivity index (χ1v) is 19.3. The van der Waals surface area contributed by atoms with Crippen LogP contribution in [0.25, 0.3) is 106 Å². The molecule has 13 aromatic rings. The van der Waals surface area contributed by atoms with Gasteiger partial charge in [-0.2, -0.15) is 0 Å². The fourth-order valence-corrected chi connectivity index (χ4v) is 9.28. The molecule has 57 heavy (non-hydrogen) atoms. The summed E-state index contributed by atoms with van der Waals surface area (Å²) in [7, 11) is 0. The Labute approximate surface area is 325 Å². The van der Waals surface area contributed by atoms with E-state index in [9.17, 15) is 0 Å². The lowest BCUT2D eigenvalue weighted by Crippen LogP contribution is -2.01. The number of rotatable bonds is 4. The van der Waals surface area contributed by atoms with Gasteiger partial charge in [-0.25, -0.2) is 9.97 Å². The zero-order valence-corrected chi connectivity index (χ0v) is 30.5. The van der Waals surface area contributed by atoms with E-state index in [1.54, 1.807) is 0 Å². The Bertz CT molecular complexity index is 3760. The van der Waals surface area contributed by atoms with E-state index in [2.05, 4.69) is 211 Å². The zero-order valence-electron chi connectivity index (χ0n) is 30.5. The van der Waals surface area contributed by atoms with E-state index in [4.69, 9.17) is 9.97 Å². The first-order valence-electron chi connectivity index (χ1n) is 19.3. The Hall–Kier alpha value is -7.90. The fourth-order valence-electron chi connectivity index (χ4n) is 9.28. The van der Waals surface area contributed by atoms with Crippen LogP contribution in [0, 0.1) is 0 Å². The van der Waals surface area contributed by atoms with Crippen LogP contribution in [0.2, 0.25) is 0 Å². The van der Waals surface area contributed by atoms with Crippen molar-refractivity contribution in [3.8, 4) is 28.2 Å². The minimum Gasteiger partial charge on any atom is -0.309 e. The van der Waals surface area contributed by atoms with Gasteiger partial charge in [0.1, 0.15) is 0 Å². The van der Waals surface area contributed by atoms with E-state index in [1.807, 2.05) is 0 Å². The first-order chi connectivity index (χ1) is 28.3. The molecule has 0 spiro atoms. The quantitative estimate of drug-likeness (QED) is 0.181. The monoisotopic (exact) mass is 729 g/mol. The number of hydrogen-bond donors (Lipinski definition) is 0. The van der Waals surface area contributed by atoms with Gasteiger partial charge in [0.2, 0.25) is 11.6 Å². The molecule has 266 valence electrons. The Morgan fingerprint density at radius 1 is 0.316 bits per heavy atom. The zero-order chi connectivity index (χ0) is 37.2. The molecule has 0 saturated heterocycles. The summed E-state index contributed by atoms with van der Waals surface area (Å²) in [6, 6.07) is 67.1. The highest BCUT2D eigenvalue weighted by molar-refractivity contribution is 6.12. The van der Waals surface area contributed by atoms with E-state index >= 15 is 0 Å². The van der Waals surface area contributed by atoms with Crippen LogP contribution in [0.15, 0.2) is 188 Å². The molecule has 0 radical (unpaired) electrons. The average Bonchev–Trinajstić information content (AvgIpc) is 4.06. The lowest BCUT2D eigenvalue weighted by atomic mass is 10.00. The first kappa shape index (κ1) is 30.4. The van der Waals surface area contributed by atoms with E-state index in [1.165, 1.54) is 10.8 Å². The molecule has 0 N–H and O–H groups in total. The summed E-state index contributed by atoms with van der Waals surface area (Å²) < 4.78 is 11.6. The van der Waals surface area contributed by atoms with Crippen molar-refractivity contribution in [2.45, 2.75) is 0 Å². The Morgan fingerprint density at radius 3 is 1.49 bits per heavy atom. The molecule has 0 aliphatic carbocycles. The van der Waals surface area contributed by atoms with Crippen LogP contribution < -0.4 is 0 Å². The van der Waals surface area contributed by atoms with Crippen LogP contribution in [-0.2, 0) is 0 Å². The topological polar surface area (TPSA) is 49.4 Å².